The molecule has 1 aromatic heterocycles. The molecule has 1 unspecified atom stereocenters. The van der Waals surface area contributed by atoms with Gasteiger partial charge in [-0.15, -0.1) is 11.3 Å². The highest BCUT2D eigenvalue weighted by molar-refractivity contribution is 7.91. The number of anilines is 1. The molecule has 1 atom stereocenters. The molecule has 3 aromatic rings. The summed E-state index contributed by atoms with van der Waals surface area (Å²) in [5.41, 5.74) is 2.24. The molecule has 2 aliphatic heterocycles. The zero-order valence-electron chi connectivity index (χ0n) is 20.6. The van der Waals surface area contributed by atoms with E-state index in [0.29, 0.717) is 61.8 Å². The topological polar surface area (TPSA) is 90.0 Å². The summed E-state index contributed by atoms with van der Waals surface area (Å²) in [6.45, 7) is 1.93. The highest BCUT2D eigenvalue weighted by atomic mass is 35.5. The van der Waals surface area contributed by atoms with Gasteiger partial charge in [-0.1, -0.05) is 48.0 Å². The number of halogens is 2. The van der Waals surface area contributed by atoms with Crippen LogP contribution in [0.25, 0.3) is 11.1 Å². The van der Waals surface area contributed by atoms with E-state index in [4.69, 9.17) is 11.6 Å². The van der Waals surface area contributed by atoms with Crippen LogP contribution < -0.4 is 9.62 Å². The van der Waals surface area contributed by atoms with Gasteiger partial charge in [-0.3, -0.25) is 9.69 Å². The fourth-order valence-electron chi connectivity index (χ4n) is 5.07. The van der Waals surface area contributed by atoms with E-state index in [-0.39, 0.29) is 16.0 Å². The predicted octanol–water partition coefficient (Wildman–Crippen LogP) is 4.64. The number of nitrogens with one attached hydrogen (secondary N) is 1. The number of benzene rings is 2. The van der Waals surface area contributed by atoms with Crippen molar-refractivity contribution in [3.8, 4) is 11.1 Å². The molecule has 3 heterocycles. The van der Waals surface area contributed by atoms with Gasteiger partial charge in [-0.2, -0.15) is 4.72 Å². The van der Waals surface area contributed by atoms with Crippen LogP contribution in [-0.2, 0) is 21.4 Å². The van der Waals surface area contributed by atoms with Gasteiger partial charge in [0.2, 0.25) is 5.91 Å². The number of piperidine rings is 2. The third-order valence-electron chi connectivity index (χ3n) is 7.09. The van der Waals surface area contributed by atoms with Gasteiger partial charge in [0.05, 0.1) is 16.1 Å². The van der Waals surface area contributed by atoms with E-state index in [9.17, 15) is 18.3 Å². The second-order valence-corrected chi connectivity index (χ2v) is 13.3. The van der Waals surface area contributed by atoms with Gasteiger partial charge in [0.15, 0.2) is 5.82 Å². The molecule has 2 saturated heterocycles. The first kappa shape index (κ1) is 27.2. The van der Waals surface area contributed by atoms with Crippen LogP contribution in [0.3, 0.4) is 0 Å². The van der Waals surface area contributed by atoms with E-state index >= 15 is 4.39 Å². The number of aliphatic hydroxyl groups excluding tert-OH is 1. The number of aliphatic hydroxyl groups is 1. The van der Waals surface area contributed by atoms with Gasteiger partial charge in [0, 0.05) is 31.7 Å². The van der Waals surface area contributed by atoms with Gasteiger partial charge in [0.25, 0.3) is 10.0 Å². The largest absolute Gasteiger partial charge is 0.393 e. The molecule has 202 valence electrons. The Hall–Kier alpha value is -2.34. The normalized spacial score (nSPS) is 19.7. The highest BCUT2D eigenvalue weighted by Gasteiger charge is 2.35. The lowest BCUT2D eigenvalue weighted by atomic mass is 9.96. The number of nitrogens with zero attached hydrogens (tertiary/aromatic N) is 2. The van der Waals surface area contributed by atoms with E-state index in [1.807, 2.05) is 36.4 Å². The van der Waals surface area contributed by atoms with Gasteiger partial charge in [0.1, 0.15) is 10.3 Å². The zero-order chi connectivity index (χ0) is 26.9. The zero-order valence-corrected chi connectivity index (χ0v) is 23.0. The minimum absolute atomic E-state index is 0.0276. The molecule has 2 aromatic carbocycles. The van der Waals surface area contributed by atoms with E-state index in [1.54, 1.807) is 6.07 Å². The van der Waals surface area contributed by atoms with Crippen LogP contribution in [0.2, 0.25) is 4.34 Å². The minimum atomic E-state index is -3.95. The average molecular weight is 578 g/mol. The van der Waals surface area contributed by atoms with Gasteiger partial charge in [-0.25, -0.2) is 12.8 Å². The predicted molar refractivity (Wildman–Crippen MR) is 147 cm³/mol. The summed E-state index contributed by atoms with van der Waals surface area (Å²) < 4.78 is 44.9. The molecule has 7 nitrogen and oxygen atoms in total. The number of hydrogen-bond donors (Lipinski definition) is 2. The van der Waals surface area contributed by atoms with Crippen molar-refractivity contribution in [2.75, 3.05) is 24.5 Å². The van der Waals surface area contributed by atoms with Crippen molar-refractivity contribution in [2.45, 2.75) is 48.6 Å². The number of carbonyl (C=O) groups is 1. The fourth-order valence-corrected chi connectivity index (χ4v) is 7.80. The van der Waals surface area contributed by atoms with Crippen molar-refractivity contribution in [3.05, 3.63) is 70.3 Å². The van der Waals surface area contributed by atoms with E-state index in [1.165, 1.54) is 17.0 Å². The van der Waals surface area contributed by atoms with Crippen molar-refractivity contribution < 1.29 is 22.7 Å². The van der Waals surface area contributed by atoms with Gasteiger partial charge >= 0.3 is 0 Å². The summed E-state index contributed by atoms with van der Waals surface area (Å²) in [5.74, 6) is -0.972. The number of rotatable bonds is 7. The van der Waals surface area contributed by atoms with E-state index < -0.39 is 27.8 Å². The molecule has 0 radical (unpaired) electrons. The lowest BCUT2D eigenvalue weighted by Crippen LogP contribution is -2.52. The van der Waals surface area contributed by atoms with Crippen molar-refractivity contribution in [1.29, 1.82) is 0 Å². The molecule has 0 bridgehead atoms. The van der Waals surface area contributed by atoms with E-state index in [0.717, 1.165) is 22.5 Å². The molecule has 11 heteroatoms. The third kappa shape index (κ3) is 5.80. The van der Waals surface area contributed by atoms with Crippen molar-refractivity contribution in [1.82, 2.24) is 9.62 Å². The van der Waals surface area contributed by atoms with Crippen LogP contribution in [0.5, 0.6) is 0 Å². The van der Waals surface area contributed by atoms with Gasteiger partial charge < -0.3 is 10.0 Å². The Kier molecular flexibility index (Phi) is 8.18. The standard InChI is InChI=1S/C27H29ClFN3O4S2/c28-24-10-11-25(37-24)38(35,36)30-22-7-4-14-32(27(22)34)23-9-8-20(18-5-2-1-3-6-18)21(26(23)29)17-31-15-12-19(33)13-16-31/h1-3,5-6,8-11,19,22,30,33H,4,7,12-17H2. The van der Waals surface area contributed by atoms with Crippen molar-refractivity contribution in [3.63, 3.8) is 0 Å². The first-order valence-electron chi connectivity index (χ1n) is 12.6. The van der Waals surface area contributed by atoms with Crippen LogP contribution in [0.15, 0.2) is 58.8 Å². The molecule has 0 spiro atoms. The van der Waals surface area contributed by atoms with Gasteiger partial charge in [-0.05, 0) is 55.0 Å². The lowest BCUT2D eigenvalue weighted by Gasteiger charge is -2.34. The molecule has 5 rings (SSSR count). The number of sulfonamides is 1. The molecular weight excluding hydrogens is 549 g/mol. The smallest absolute Gasteiger partial charge is 0.250 e. The molecule has 2 aliphatic rings. The molecule has 0 saturated carbocycles. The van der Waals surface area contributed by atoms with Crippen LogP contribution >= 0.6 is 22.9 Å². The number of amides is 1. The Balaban J connectivity index is 1.45. The van der Waals surface area contributed by atoms with Crippen LogP contribution in [0, 0.1) is 5.82 Å². The second-order valence-electron chi connectivity index (χ2n) is 9.66. The van der Waals surface area contributed by atoms with Crippen molar-refractivity contribution in [2.24, 2.45) is 0 Å². The molecule has 2 fully saturated rings. The summed E-state index contributed by atoms with van der Waals surface area (Å²) in [5, 5.41) is 9.90. The number of likely N-dealkylation sites (tertiary alicyclic amines) is 1. The van der Waals surface area contributed by atoms with Crippen LogP contribution in [0.1, 0.15) is 31.2 Å². The molecule has 38 heavy (non-hydrogen) atoms. The maximum Gasteiger partial charge on any atom is 0.250 e. The molecule has 1 amide bonds. The van der Waals surface area contributed by atoms with Crippen LogP contribution in [0.4, 0.5) is 10.1 Å². The summed E-state index contributed by atoms with van der Waals surface area (Å²) in [6.07, 6.45) is 1.75. The molecule has 2 N–H and O–H groups in total. The number of carbonyl (C=O) groups excluding carboxylic acids is 1. The Bertz CT molecular complexity index is 1410. The summed E-state index contributed by atoms with van der Waals surface area (Å²) in [7, 11) is -3.95. The Morgan fingerprint density at radius 1 is 1.03 bits per heavy atom. The first-order chi connectivity index (χ1) is 18.2. The van der Waals surface area contributed by atoms with E-state index in [2.05, 4.69) is 9.62 Å². The summed E-state index contributed by atoms with van der Waals surface area (Å²) in [6, 6.07) is 14.9. The van der Waals surface area contributed by atoms with Crippen LogP contribution in [-0.4, -0.2) is 56.1 Å². The fraction of sp³-hybridized carbons (Fsp3) is 0.370. The quantitative estimate of drug-likeness (QED) is 0.427. The summed E-state index contributed by atoms with van der Waals surface area (Å²) in [4.78, 5) is 16.9. The Morgan fingerprint density at radius 2 is 1.76 bits per heavy atom. The maximum atomic E-state index is 16.3. The highest BCUT2D eigenvalue weighted by Crippen LogP contribution is 2.35. The second kappa shape index (κ2) is 11.4. The minimum Gasteiger partial charge on any atom is -0.393 e. The maximum absolute atomic E-state index is 16.3. The molecular formula is C27H29ClFN3O4S2. The third-order valence-corrected chi connectivity index (χ3v) is 10.3. The lowest BCUT2D eigenvalue weighted by molar-refractivity contribution is -0.121. The summed E-state index contributed by atoms with van der Waals surface area (Å²) >= 11 is 6.81. The number of hydrogen-bond acceptors (Lipinski definition) is 6. The number of thiophene rings is 1. The SMILES string of the molecule is O=C1C(NS(=O)(=O)c2ccc(Cl)s2)CCCN1c1ccc(-c2ccccc2)c(CN2CCC(O)CC2)c1F. The average Bonchev–Trinajstić information content (AvgIpc) is 3.36. The monoisotopic (exact) mass is 577 g/mol. The Morgan fingerprint density at radius 3 is 2.45 bits per heavy atom. The Labute approximate surface area is 230 Å². The molecule has 0 aliphatic carbocycles. The van der Waals surface area contributed by atoms with Crippen molar-refractivity contribution >= 4 is 44.6 Å². The first-order valence-corrected chi connectivity index (χ1v) is 15.3.